The summed E-state index contributed by atoms with van der Waals surface area (Å²) in [6.07, 6.45) is 1.54. The third kappa shape index (κ3) is 3.78. The smallest absolute Gasteiger partial charge is 0.332 e. The molecule has 0 radical (unpaired) electrons. The van der Waals surface area contributed by atoms with Crippen molar-refractivity contribution in [1.82, 2.24) is 24.0 Å². The van der Waals surface area contributed by atoms with E-state index in [-0.39, 0.29) is 36.5 Å². The van der Waals surface area contributed by atoms with Crippen LogP contribution in [0.2, 0.25) is 0 Å². The average Bonchev–Trinajstić information content (AvgIpc) is 2.92. The van der Waals surface area contributed by atoms with Gasteiger partial charge in [-0.15, -0.1) is 0 Å². The Morgan fingerprint density at radius 2 is 1.88 bits per heavy atom. The zero-order chi connectivity index (χ0) is 18.9. The summed E-state index contributed by atoms with van der Waals surface area (Å²) in [5.41, 5.74) is -1.38. The van der Waals surface area contributed by atoms with Crippen molar-refractivity contribution in [1.29, 1.82) is 0 Å². The molecule has 25 heavy (non-hydrogen) atoms. The van der Waals surface area contributed by atoms with Gasteiger partial charge in [0.05, 0.1) is 6.33 Å². The van der Waals surface area contributed by atoms with Gasteiger partial charge in [-0.1, -0.05) is 0 Å². The van der Waals surface area contributed by atoms with Crippen LogP contribution in [0.1, 0.15) is 26.7 Å². The molecule has 0 aliphatic heterocycles. The summed E-state index contributed by atoms with van der Waals surface area (Å²) < 4.78 is 3.57. The van der Waals surface area contributed by atoms with E-state index in [1.165, 1.54) is 29.6 Å². The number of carboxylic acid groups (broad SMARTS) is 1. The van der Waals surface area contributed by atoms with Crippen LogP contribution in [0.3, 0.4) is 0 Å². The molecule has 0 saturated carbocycles. The topological polar surface area (TPSA) is 128 Å². The van der Waals surface area contributed by atoms with E-state index in [9.17, 15) is 19.2 Å². The van der Waals surface area contributed by atoms with Crippen molar-refractivity contribution in [2.45, 2.75) is 38.8 Å². The number of carbonyl (C=O) groups excluding carboxylic acids is 1. The molecule has 1 amide bonds. The molecule has 10 nitrogen and oxygen atoms in total. The number of nitrogens with one attached hydrogen (secondary N) is 1. The molecular weight excluding hydrogens is 330 g/mol. The fourth-order valence-corrected chi connectivity index (χ4v) is 2.57. The van der Waals surface area contributed by atoms with Crippen molar-refractivity contribution < 1.29 is 14.7 Å². The maximum atomic E-state index is 12.3. The van der Waals surface area contributed by atoms with Gasteiger partial charge in [-0.3, -0.25) is 23.5 Å². The van der Waals surface area contributed by atoms with Crippen LogP contribution in [0.25, 0.3) is 11.2 Å². The molecular formula is C15H21N5O5. The molecule has 0 aliphatic rings. The number of hydrogen-bond donors (Lipinski definition) is 2. The van der Waals surface area contributed by atoms with Crippen molar-refractivity contribution in [3.8, 4) is 0 Å². The van der Waals surface area contributed by atoms with Gasteiger partial charge < -0.3 is 15.0 Å². The van der Waals surface area contributed by atoms with Crippen molar-refractivity contribution in [2.24, 2.45) is 14.1 Å². The highest BCUT2D eigenvalue weighted by atomic mass is 16.4. The summed E-state index contributed by atoms with van der Waals surface area (Å²) in [4.78, 5) is 51.2. The number of amides is 1. The quantitative estimate of drug-likeness (QED) is 0.701. The Morgan fingerprint density at radius 1 is 1.24 bits per heavy atom. The van der Waals surface area contributed by atoms with Gasteiger partial charge in [0, 0.05) is 26.1 Å². The Balaban J connectivity index is 2.27. The molecule has 0 unspecified atom stereocenters. The summed E-state index contributed by atoms with van der Waals surface area (Å²) >= 11 is 0. The number of aliphatic carboxylic acids is 1. The number of imidazole rings is 1. The molecule has 0 saturated heterocycles. The zero-order valence-electron chi connectivity index (χ0n) is 14.6. The molecule has 0 aliphatic carbocycles. The second kappa shape index (κ2) is 6.54. The largest absolute Gasteiger partial charge is 0.481 e. The van der Waals surface area contributed by atoms with E-state index in [0.29, 0.717) is 0 Å². The molecule has 0 bridgehead atoms. The number of aromatic nitrogens is 4. The van der Waals surface area contributed by atoms with Gasteiger partial charge in [-0.2, -0.15) is 0 Å². The molecule has 2 rings (SSSR count). The van der Waals surface area contributed by atoms with Crippen LogP contribution in [0.4, 0.5) is 0 Å². The third-order valence-electron chi connectivity index (χ3n) is 3.97. The van der Waals surface area contributed by atoms with Gasteiger partial charge in [0.25, 0.3) is 5.56 Å². The van der Waals surface area contributed by atoms with Crippen LogP contribution in [0.5, 0.6) is 0 Å². The molecule has 0 fully saturated rings. The van der Waals surface area contributed by atoms with Crippen molar-refractivity contribution in [3.05, 3.63) is 27.2 Å². The Labute approximate surface area is 142 Å². The highest BCUT2D eigenvalue weighted by Crippen LogP contribution is 2.12. The minimum Gasteiger partial charge on any atom is -0.481 e. The predicted molar refractivity (Wildman–Crippen MR) is 89.3 cm³/mol. The molecule has 2 aromatic rings. The Kier molecular flexibility index (Phi) is 4.82. The molecule has 0 aromatic carbocycles. The van der Waals surface area contributed by atoms with E-state index in [1.807, 2.05) is 0 Å². The summed E-state index contributed by atoms with van der Waals surface area (Å²) in [5.74, 6) is -1.32. The zero-order valence-corrected chi connectivity index (χ0v) is 14.6. The molecule has 136 valence electrons. The van der Waals surface area contributed by atoms with Crippen LogP contribution in [0, 0.1) is 0 Å². The monoisotopic (exact) mass is 351 g/mol. The molecule has 2 heterocycles. The standard InChI is InChI=1S/C15H21N5O5/c1-15(2,6-5-10(22)23)17-9(21)7-20-8-16-12-11(20)13(24)19(4)14(25)18(12)3/h8H,5-7H2,1-4H3,(H,17,21)(H,22,23). The highest BCUT2D eigenvalue weighted by Gasteiger charge is 2.23. The van der Waals surface area contributed by atoms with Crippen LogP contribution < -0.4 is 16.6 Å². The van der Waals surface area contributed by atoms with Crippen LogP contribution >= 0.6 is 0 Å². The minimum absolute atomic E-state index is 0.0655. The van der Waals surface area contributed by atoms with Gasteiger partial charge in [0.2, 0.25) is 5.91 Å². The number of nitrogens with zero attached hydrogens (tertiary/aromatic N) is 4. The summed E-state index contributed by atoms with van der Waals surface area (Å²) in [7, 11) is 2.85. The first-order chi connectivity index (χ1) is 11.5. The van der Waals surface area contributed by atoms with E-state index in [2.05, 4.69) is 10.3 Å². The van der Waals surface area contributed by atoms with Gasteiger partial charge in [0.1, 0.15) is 6.54 Å². The van der Waals surface area contributed by atoms with Crippen LogP contribution in [-0.2, 0) is 30.2 Å². The van der Waals surface area contributed by atoms with Gasteiger partial charge >= 0.3 is 11.7 Å². The number of hydrogen-bond acceptors (Lipinski definition) is 5. The van der Waals surface area contributed by atoms with E-state index in [4.69, 9.17) is 5.11 Å². The minimum atomic E-state index is -0.938. The van der Waals surface area contributed by atoms with Crippen molar-refractivity contribution in [3.63, 3.8) is 0 Å². The predicted octanol–water partition coefficient (Wildman–Crippen LogP) is -0.807. The molecule has 0 atom stereocenters. The van der Waals surface area contributed by atoms with Crippen molar-refractivity contribution in [2.75, 3.05) is 0 Å². The summed E-state index contributed by atoms with van der Waals surface area (Å²) in [6, 6.07) is 0. The molecule has 2 N–H and O–H groups in total. The first-order valence-corrected chi connectivity index (χ1v) is 7.67. The molecule has 0 spiro atoms. The van der Waals surface area contributed by atoms with Crippen LogP contribution in [-0.4, -0.2) is 41.2 Å². The van der Waals surface area contributed by atoms with Gasteiger partial charge in [-0.25, -0.2) is 9.78 Å². The lowest BCUT2D eigenvalue weighted by Crippen LogP contribution is -2.45. The number of carboxylic acids is 1. The lowest BCUT2D eigenvalue weighted by molar-refractivity contribution is -0.137. The van der Waals surface area contributed by atoms with E-state index in [1.54, 1.807) is 13.8 Å². The average molecular weight is 351 g/mol. The van der Waals surface area contributed by atoms with Crippen LogP contribution in [0.15, 0.2) is 15.9 Å². The van der Waals surface area contributed by atoms with Crippen molar-refractivity contribution >= 4 is 23.0 Å². The Hall–Kier alpha value is -2.91. The Morgan fingerprint density at radius 3 is 2.48 bits per heavy atom. The summed E-state index contributed by atoms with van der Waals surface area (Å²) in [6.45, 7) is 3.28. The van der Waals surface area contributed by atoms with Gasteiger partial charge in [0.15, 0.2) is 11.2 Å². The number of rotatable bonds is 6. The van der Waals surface area contributed by atoms with E-state index < -0.39 is 22.8 Å². The third-order valence-corrected chi connectivity index (χ3v) is 3.97. The number of aryl methyl sites for hydroxylation is 1. The highest BCUT2D eigenvalue weighted by molar-refractivity contribution is 5.79. The SMILES string of the molecule is Cn1c(=O)c2c(ncn2CC(=O)NC(C)(C)CCC(=O)O)n(C)c1=O. The number of carbonyl (C=O) groups is 2. The number of fused-ring (bicyclic) bond motifs is 1. The van der Waals surface area contributed by atoms with Gasteiger partial charge in [-0.05, 0) is 20.3 Å². The normalized spacial score (nSPS) is 11.7. The second-order valence-corrected chi connectivity index (χ2v) is 6.58. The van der Waals surface area contributed by atoms with E-state index >= 15 is 0 Å². The maximum absolute atomic E-state index is 12.3. The second-order valence-electron chi connectivity index (χ2n) is 6.58. The van der Waals surface area contributed by atoms with E-state index in [0.717, 1.165) is 4.57 Å². The maximum Gasteiger partial charge on any atom is 0.332 e. The lowest BCUT2D eigenvalue weighted by atomic mass is 9.98. The fraction of sp³-hybridized carbons (Fsp3) is 0.533. The summed E-state index contributed by atoms with van der Waals surface area (Å²) in [5, 5.41) is 11.5. The first-order valence-electron chi connectivity index (χ1n) is 7.67. The Bertz CT molecular complexity index is 950. The molecule has 2 aromatic heterocycles. The fourth-order valence-electron chi connectivity index (χ4n) is 2.57. The lowest BCUT2D eigenvalue weighted by Gasteiger charge is -2.25. The first kappa shape index (κ1) is 18.4. The molecule has 10 heteroatoms.